The van der Waals surface area contributed by atoms with Crippen molar-refractivity contribution >= 4 is 16.1 Å². The van der Waals surface area contributed by atoms with Crippen LogP contribution in [-0.2, 0) is 15.0 Å². The molecule has 1 amide bonds. The van der Waals surface area contributed by atoms with E-state index in [1.54, 1.807) is 0 Å². The summed E-state index contributed by atoms with van der Waals surface area (Å²) in [7, 11) is -4.82. The SMILES string of the molecule is CCN(NC(C)=O)S(=O)(=O)n1c(F)nc(F)c1F. The molecule has 1 rings (SSSR count). The molecule has 0 aliphatic rings. The quantitative estimate of drug-likeness (QED) is 0.775. The van der Waals surface area contributed by atoms with E-state index in [4.69, 9.17) is 0 Å². The van der Waals surface area contributed by atoms with Crippen LogP contribution < -0.4 is 5.43 Å². The zero-order chi connectivity index (χ0) is 14.1. The van der Waals surface area contributed by atoms with Gasteiger partial charge >= 0.3 is 16.3 Å². The number of amides is 1. The molecule has 0 saturated heterocycles. The molecule has 102 valence electrons. The molecule has 0 aliphatic carbocycles. The Kier molecular flexibility index (Phi) is 3.96. The molecule has 0 bridgehead atoms. The predicted molar refractivity (Wildman–Crippen MR) is 52.6 cm³/mol. The molecule has 0 aromatic carbocycles. The summed E-state index contributed by atoms with van der Waals surface area (Å²) in [5, 5.41) is 0. The highest BCUT2D eigenvalue weighted by atomic mass is 32.2. The molecular weight excluding hydrogens is 277 g/mol. The number of aromatic nitrogens is 2. The van der Waals surface area contributed by atoms with Crippen LogP contribution in [0.3, 0.4) is 0 Å². The zero-order valence-electron chi connectivity index (χ0n) is 9.32. The number of hydrogen-bond donors (Lipinski definition) is 1. The van der Waals surface area contributed by atoms with Crippen LogP contribution in [0, 0.1) is 18.0 Å². The molecule has 7 nitrogen and oxygen atoms in total. The standard InChI is InChI=1S/C7H9F3N4O3S/c1-3-13(12-4(2)15)18(16,17)14-6(9)5(8)11-7(14)10/h3H2,1-2H3,(H,12,15). The lowest BCUT2D eigenvalue weighted by atomic mass is 10.7. The number of carbonyl (C=O) groups excluding carboxylic acids is 1. The average molecular weight is 286 g/mol. The summed E-state index contributed by atoms with van der Waals surface area (Å²) in [6.07, 6.45) is -1.88. The van der Waals surface area contributed by atoms with E-state index in [1.807, 2.05) is 5.43 Å². The molecule has 0 fully saturated rings. The Hall–Kier alpha value is -1.62. The lowest BCUT2D eigenvalue weighted by molar-refractivity contribution is -0.121. The van der Waals surface area contributed by atoms with E-state index in [1.165, 1.54) is 6.92 Å². The Bertz CT molecular complexity index is 571. The topological polar surface area (TPSA) is 84.3 Å². The number of rotatable bonds is 4. The van der Waals surface area contributed by atoms with Gasteiger partial charge in [0.15, 0.2) is 0 Å². The van der Waals surface area contributed by atoms with Gasteiger partial charge in [-0.25, -0.2) is 0 Å². The largest absolute Gasteiger partial charge is 0.330 e. The number of hydrazine groups is 1. The highest BCUT2D eigenvalue weighted by Gasteiger charge is 2.32. The number of halogens is 3. The van der Waals surface area contributed by atoms with Gasteiger partial charge in [0, 0.05) is 13.5 Å². The number of hydrogen-bond acceptors (Lipinski definition) is 4. The van der Waals surface area contributed by atoms with Crippen molar-refractivity contribution in [1.29, 1.82) is 0 Å². The second-order valence-electron chi connectivity index (χ2n) is 3.07. The summed E-state index contributed by atoms with van der Waals surface area (Å²) in [5.41, 5.74) is 1.83. The summed E-state index contributed by atoms with van der Waals surface area (Å²) in [5.74, 6) is -4.67. The first-order chi connectivity index (χ1) is 8.21. The van der Waals surface area contributed by atoms with Crippen LogP contribution in [0.15, 0.2) is 0 Å². The summed E-state index contributed by atoms with van der Waals surface area (Å²) in [6, 6.07) is 0. The van der Waals surface area contributed by atoms with Crippen LogP contribution in [0.25, 0.3) is 0 Å². The molecule has 0 saturated carbocycles. The normalized spacial score (nSPS) is 11.9. The minimum atomic E-state index is -4.82. The molecule has 1 heterocycles. The van der Waals surface area contributed by atoms with Crippen LogP contribution in [0.5, 0.6) is 0 Å². The number of imidazole rings is 1. The lowest BCUT2D eigenvalue weighted by Gasteiger charge is -2.20. The minimum absolute atomic E-state index is 0.253. The third-order valence-electron chi connectivity index (χ3n) is 1.79. The Morgan fingerprint density at radius 3 is 2.33 bits per heavy atom. The fourth-order valence-corrected chi connectivity index (χ4v) is 2.38. The van der Waals surface area contributed by atoms with Gasteiger partial charge in [-0.3, -0.25) is 10.2 Å². The van der Waals surface area contributed by atoms with Gasteiger partial charge in [-0.05, 0) is 6.92 Å². The average Bonchev–Trinajstić information content (AvgIpc) is 2.49. The summed E-state index contributed by atoms with van der Waals surface area (Å²) in [6.45, 7) is 1.98. The smallest absolute Gasteiger partial charge is 0.274 e. The van der Waals surface area contributed by atoms with Gasteiger partial charge in [0.1, 0.15) is 0 Å². The fourth-order valence-electron chi connectivity index (χ4n) is 1.11. The Morgan fingerprint density at radius 1 is 1.44 bits per heavy atom. The first-order valence-electron chi connectivity index (χ1n) is 4.61. The van der Waals surface area contributed by atoms with Crippen molar-refractivity contribution in [3.63, 3.8) is 0 Å². The van der Waals surface area contributed by atoms with Gasteiger partial charge in [-0.2, -0.15) is 30.5 Å². The maximum absolute atomic E-state index is 13.1. The van der Waals surface area contributed by atoms with Gasteiger partial charge in [0.25, 0.3) is 11.9 Å². The molecule has 1 aromatic heterocycles. The fraction of sp³-hybridized carbons (Fsp3) is 0.429. The molecule has 1 N–H and O–H groups in total. The molecule has 0 radical (unpaired) electrons. The van der Waals surface area contributed by atoms with Crippen LogP contribution in [0.1, 0.15) is 13.8 Å². The van der Waals surface area contributed by atoms with E-state index in [-0.39, 0.29) is 11.0 Å². The molecule has 0 aliphatic heterocycles. The molecule has 1 aromatic rings. The van der Waals surface area contributed by atoms with Crippen LogP contribution in [0.2, 0.25) is 0 Å². The van der Waals surface area contributed by atoms with Crippen molar-refractivity contribution in [2.45, 2.75) is 13.8 Å². The zero-order valence-corrected chi connectivity index (χ0v) is 10.1. The van der Waals surface area contributed by atoms with Gasteiger partial charge in [0.2, 0.25) is 5.91 Å². The summed E-state index contributed by atoms with van der Waals surface area (Å²) in [4.78, 5) is 13.2. The Morgan fingerprint density at radius 2 is 2.00 bits per heavy atom. The van der Waals surface area contributed by atoms with E-state index in [0.717, 1.165) is 6.92 Å². The van der Waals surface area contributed by atoms with Crippen molar-refractivity contribution in [3.05, 3.63) is 18.0 Å². The van der Waals surface area contributed by atoms with Crippen molar-refractivity contribution in [1.82, 2.24) is 18.8 Å². The third-order valence-corrected chi connectivity index (χ3v) is 3.46. The van der Waals surface area contributed by atoms with Gasteiger partial charge in [-0.1, -0.05) is 4.41 Å². The van der Waals surface area contributed by atoms with E-state index >= 15 is 0 Å². The van der Waals surface area contributed by atoms with E-state index in [9.17, 15) is 26.4 Å². The van der Waals surface area contributed by atoms with Crippen LogP contribution in [0.4, 0.5) is 13.2 Å². The summed E-state index contributed by atoms with van der Waals surface area (Å²) >= 11 is 0. The predicted octanol–water partition coefficient (Wildman–Crippen LogP) is -0.234. The Labute approximate surface area is 100 Å². The molecule has 11 heteroatoms. The van der Waals surface area contributed by atoms with Crippen molar-refractivity contribution < 1.29 is 26.4 Å². The number of nitrogens with one attached hydrogen (secondary N) is 1. The maximum atomic E-state index is 13.1. The number of nitrogens with zero attached hydrogens (tertiary/aromatic N) is 3. The van der Waals surface area contributed by atoms with Gasteiger partial charge < -0.3 is 0 Å². The van der Waals surface area contributed by atoms with Gasteiger partial charge in [0.05, 0.1) is 0 Å². The van der Waals surface area contributed by atoms with Gasteiger partial charge in [-0.15, -0.1) is 0 Å². The van der Waals surface area contributed by atoms with Crippen LogP contribution >= 0.6 is 0 Å². The second-order valence-corrected chi connectivity index (χ2v) is 4.77. The highest BCUT2D eigenvalue weighted by Crippen LogP contribution is 2.13. The van der Waals surface area contributed by atoms with E-state index in [0.29, 0.717) is 0 Å². The first kappa shape index (κ1) is 14.4. The molecule has 0 spiro atoms. The van der Waals surface area contributed by atoms with Crippen LogP contribution in [-0.4, -0.2) is 34.2 Å². The van der Waals surface area contributed by atoms with E-state index in [2.05, 4.69) is 4.98 Å². The van der Waals surface area contributed by atoms with Crippen molar-refractivity contribution in [2.24, 2.45) is 0 Å². The molecule has 18 heavy (non-hydrogen) atoms. The highest BCUT2D eigenvalue weighted by molar-refractivity contribution is 7.87. The second kappa shape index (κ2) is 4.94. The first-order valence-corrected chi connectivity index (χ1v) is 6.01. The van der Waals surface area contributed by atoms with Crippen molar-refractivity contribution in [2.75, 3.05) is 6.54 Å². The monoisotopic (exact) mass is 286 g/mol. The molecule has 0 unspecified atom stereocenters. The summed E-state index contributed by atoms with van der Waals surface area (Å²) < 4.78 is 62.0. The Balaban J connectivity index is 3.31. The third kappa shape index (κ3) is 2.46. The minimum Gasteiger partial charge on any atom is -0.274 e. The lowest BCUT2D eigenvalue weighted by Crippen LogP contribution is -2.48. The maximum Gasteiger partial charge on any atom is 0.330 e. The number of carbonyl (C=O) groups is 1. The molecular formula is C7H9F3N4O3S. The van der Waals surface area contributed by atoms with E-state index < -0.39 is 38.1 Å². The van der Waals surface area contributed by atoms with Crippen molar-refractivity contribution in [3.8, 4) is 0 Å². The molecule has 0 atom stereocenters.